The van der Waals surface area contributed by atoms with Crippen LogP contribution in [-0.2, 0) is 0 Å². The second-order valence-electron chi connectivity index (χ2n) is 4.40. The summed E-state index contributed by atoms with van der Waals surface area (Å²) in [6, 6.07) is 2.24. The molecule has 2 atom stereocenters. The molecule has 0 saturated heterocycles. The molecule has 1 aliphatic rings. The molecule has 1 heterocycles. The number of alkyl halides is 1. The van der Waals surface area contributed by atoms with Crippen molar-refractivity contribution in [1.29, 1.82) is 0 Å². The van der Waals surface area contributed by atoms with Crippen molar-refractivity contribution in [2.24, 2.45) is 5.92 Å². The van der Waals surface area contributed by atoms with Crippen molar-refractivity contribution in [3.63, 3.8) is 0 Å². The van der Waals surface area contributed by atoms with E-state index in [1.807, 2.05) is 6.07 Å². The van der Waals surface area contributed by atoms with Gasteiger partial charge < -0.3 is 10.1 Å². The number of rotatable bonds is 4. The summed E-state index contributed by atoms with van der Waals surface area (Å²) in [5.74, 6) is 2.64. The van der Waals surface area contributed by atoms with Crippen LogP contribution in [0.15, 0.2) is 12.4 Å². The first-order chi connectivity index (χ1) is 8.33. The Morgan fingerprint density at radius 3 is 3.00 bits per heavy atom. The van der Waals surface area contributed by atoms with Gasteiger partial charge in [0.25, 0.3) is 0 Å². The number of anilines is 1. The van der Waals surface area contributed by atoms with E-state index in [1.54, 1.807) is 7.11 Å². The molecule has 1 aromatic rings. The van der Waals surface area contributed by atoms with E-state index >= 15 is 0 Å². The molecule has 1 aromatic heterocycles. The maximum atomic E-state index is 6.00. The number of methoxy groups -OCH3 is 1. The monoisotopic (exact) mass is 255 g/mol. The van der Waals surface area contributed by atoms with Crippen LogP contribution in [-0.4, -0.2) is 29.0 Å². The molecule has 0 amide bonds. The third-order valence-corrected chi connectivity index (χ3v) is 3.69. The van der Waals surface area contributed by atoms with Gasteiger partial charge in [0.1, 0.15) is 12.1 Å². The summed E-state index contributed by atoms with van der Waals surface area (Å²) >= 11 is 6.00. The third kappa shape index (κ3) is 3.22. The van der Waals surface area contributed by atoms with Crippen LogP contribution < -0.4 is 10.1 Å². The molecule has 0 radical (unpaired) electrons. The summed E-state index contributed by atoms with van der Waals surface area (Å²) in [7, 11) is 1.61. The molecule has 0 spiro atoms. The van der Waals surface area contributed by atoms with Gasteiger partial charge in [0.2, 0.25) is 5.88 Å². The highest BCUT2D eigenvalue weighted by molar-refractivity contribution is 6.18. The SMILES string of the molecule is COc1cc(NC2CCCCC2CCl)ncn1. The van der Waals surface area contributed by atoms with Crippen LogP contribution in [0.5, 0.6) is 5.88 Å². The van der Waals surface area contributed by atoms with E-state index in [-0.39, 0.29) is 0 Å². The lowest BCUT2D eigenvalue weighted by atomic mass is 9.86. The van der Waals surface area contributed by atoms with E-state index in [9.17, 15) is 0 Å². The fourth-order valence-corrected chi connectivity index (χ4v) is 2.67. The molecule has 17 heavy (non-hydrogen) atoms. The quantitative estimate of drug-likeness (QED) is 0.841. The zero-order valence-corrected chi connectivity index (χ0v) is 10.8. The summed E-state index contributed by atoms with van der Waals surface area (Å²) in [6.45, 7) is 0. The molecule has 94 valence electrons. The number of halogens is 1. The Labute approximate surface area is 107 Å². The Balaban J connectivity index is 2.02. The van der Waals surface area contributed by atoms with Crippen LogP contribution >= 0.6 is 11.6 Å². The van der Waals surface area contributed by atoms with E-state index in [0.29, 0.717) is 23.7 Å². The van der Waals surface area contributed by atoms with Gasteiger partial charge in [-0.25, -0.2) is 9.97 Å². The Bertz CT molecular complexity index is 361. The molecule has 4 nitrogen and oxygen atoms in total. The molecule has 2 rings (SSSR count). The van der Waals surface area contributed by atoms with E-state index in [0.717, 1.165) is 12.2 Å². The second-order valence-corrected chi connectivity index (χ2v) is 4.70. The summed E-state index contributed by atoms with van der Waals surface area (Å²) < 4.78 is 5.08. The number of ether oxygens (including phenoxy) is 1. The molecule has 0 aromatic carbocycles. The zero-order chi connectivity index (χ0) is 12.1. The van der Waals surface area contributed by atoms with E-state index in [4.69, 9.17) is 16.3 Å². The normalized spacial score (nSPS) is 24.4. The molecule has 1 N–H and O–H groups in total. The number of hydrogen-bond acceptors (Lipinski definition) is 4. The summed E-state index contributed by atoms with van der Waals surface area (Å²) in [5.41, 5.74) is 0. The highest BCUT2D eigenvalue weighted by Crippen LogP contribution is 2.28. The van der Waals surface area contributed by atoms with Crippen molar-refractivity contribution in [3.05, 3.63) is 12.4 Å². The molecule has 1 fully saturated rings. The van der Waals surface area contributed by atoms with Gasteiger partial charge in [-0.15, -0.1) is 11.6 Å². The highest BCUT2D eigenvalue weighted by atomic mass is 35.5. The minimum absolute atomic E-state index is 0.417. The van der Waals surface area contributed by atoms with Gasteiger partial charge in [-0.2, -0.15) is 0 Å². The molecule has 2 unspecified atom stereocenters. The molecule has 0 bridgehead atoms. The van der Waals surface area contributed by atoms with Crippen LogP contribution in [0.4, 0.5) is 5.82 Å². The zero-order valence-electron chi connectivity index (χ0n) is 10.0. The Hall–Kier alpha value is -1.03. The summed E-state index contributed by atoms with van der Waals surface area (Å²) in [6.07, 6.45) is 6.41. The van der Waals surface area contributed by atoms with Crippen LogP contribution in [0.2, 0.25) is 0 Å². The lowest BCUT2D eigenvalue weighted by Gasteiger charge is -2.31. The van der Waals surface area contributed by atoms with Crippen molar-refractivity contribution >= 4 is 17.4 Å². The topological polar surface area (TPSA) is 47.0 Å². The minimum atomic E-state index is 0.417. The van der Waals surface area contributed by atoms with Crippen LogP contribution in [0.3, 0.4) is 0 Å². The summed E-state index contributed by atoms with van der Waals surface area (Å²) in [5, 5.41) is 3.44. The predicted octanol–water partition coefficient (Wildman–Crippen LogP) is 2.69. The Morgan fingerprint density at radius 2 is 2.24 bits per heavy atom. The van der Waals surface area contributed by atoms with E-state index < -0.39 is 0 Å². The van der Waals surface area contributed by atoms with Gasteiger partial charge in [0.15, 0.2) is 0 Å². The number of nitrogens with zero attached hydrogens (tertiary/aromatic N) is 2. The molecular formula is C12H18ClN3O. The summed E-state index contributed by atoms with van der Waals surface area (Å²) in [4.78, 5) is 8.20. The van der Waals surface area contributed by atoms with Gasteiger partial charge in [-0.05, 0) is 18.8 Å². The maximum Gasteiger partial charge on any atom is 0.218 e. The first-order valence-corrected chi connectivity index (χ1v) is 6.55. The van der Waals surface area contributed by atoms with Gasteiger partial charge in [0.05, 0.1) is 7.11 Å². The number of hydrogen-bond donors (Lipinski definition) is 1. The molecule has 5 heteroatoms. The Morgan fingerprint density at radius 1 is 1.41 bits per heavy atom. The van der Waals surface area contributed by atoms with Gasteiger partial charge >= 0.3 is 0 Å². The van der Waals surface area contributed by atoms with Crippen molar-refractivity contribution < 1.29 is 4.74 Å². The third-order valence-electron chi connectivity index (χ3n) is 3.29. The lowest BCUT2D eigenvalue weighted by molar-refractivity contribution is 0.352. The van der Waals surface area contributed by atoms with Crippen LogP contribution in [0.25, 0.3) is 0 Å². The van der Waals surface area contributed by atoms with Crippen molar-refractivity contribution in [2.75, 3.05) is 18.3 Å². The fourth-order valence-electron chi connectivity index (χ4n) is 2.30. The lowest BCUT2D eigenvalue weighted by Crippen LogP contribution is -2.33. The molecular weight excluding hydrogens is 238 g/mol. The van der Waals surface area contributed by atoms with Crippen molar-refractivity contribution in [2.45, 2.75) is 31.7 Å². The fraction of sp³-hybridized carbons (Fsp3) is 0.667. The number of aromatic nitrogens is 2. The van der Waals surface area contributed by atoms with Gasteiger partial charge in [0, 0.05) is 18.0 Å². The van der Waals surface area contributed by atoms with Crippen molar-refractivity contribution in [1.82, 2.24) is 9.97 Å². The molecule has 1 saturated carbocycles. The average Bonchev–Trinajstić information content (AvgIpc) is 2.39. The van der Waals surface area contributed by atoms with Crippen LogP contribution in [0.1, 0.15) is 25.7 Å². The van der Waals surface area contributed by atoms with E-state index in [1.165, 1.54) is 25.6 Å². The smallest absolute Gasteiger partial charge is 0.218 e. The molecule has 1 aliphatic carbocycles. The first kappa shape index (κ1) is 12.4. The first-order valence-electron chi connectivity index (χ1n) is 6.02. The standard InChI is InChI=1S/C12H18ClN3O/c1-17-12-6-11(14-8-15-12)16-10-5-3-2-4-9(10)7-13/h6,8-10H,2-5,7H2,1H3,(H,14,15,16). The van der Waals surface area contributed by atoms with Gasteiger partial charge in [-0.3, -0.25) is 0 Å². The predicted molar refractivity (Wildman–Crippen MR) is 68.7 cm³/mol. The molecule has 0 aliphatic heterocycles. The van der Waals surface area contributed by atoms with Crippen molar-refractivity contribution in [3.8, 4) is 5.88 Å². The highest BCUT2D eigenvalue weighted by Gasteiger charge is 2.24. The Kier molecular flexibility index (Phi) is 4.42. The van der Waals surface area contributed by atoms with Gasteiger partial charge in [-0.1, -0.05) is 12.8 Å². The van der Waals surface area contributed by atoms with Crippen LogP contribution in [0, 0.1) is 5.92 Å². The largest absolute Gasteiger partial charge is 0.481 e. The number of nitrogens with one attached hydrogen (secondary N) is 1. The maximum absolute atomic E-state index is 6.00. The second kappa shape index (κ2) is 6.05. The van der Waals surface area contributed by atoms with E-state index in [2.05, 4.69) is 15.3 Å². The minimum Gasteiger partial charge on any atom is -0.481 e. The average molecular weight is 256 g/mol.